The van der Waals surface area contributed by atoms with Gasteiger partial charge in [-0.2, -0.15) is 0 Å². The van der Waals surface area contributed by atoms with Gasteiger partial charge in [0, 0.05) is 33.2 Å². The molecule has 2 nitrogen and oxygen atoms in total. The molecule has 1 aromatic heterocycles. The molecule has 282 valence electrons. The van der Waals surface area contributed by atoms with E-state index in [1.165, 1.54) is 54.9 Å². The SMILES string of the molecule is c1ccc(-c2ccc(N(c3ccc4c5ccccc5n(-c5ccccc5-c5ccccc5)c4c3)c3ccccc3-c3ccc4ccccc4c3)c(-c3ccccc3)c2)cc1. The molecule has 0 bridgehead atoms. The minimum atomic E-state index is 1.07. The Morgan fingerprint density at radius 2 is 0.850 bits per heavy atom. The van der Waals surface area contributed by atoms with Gasteiger partial charge in [0.15, 0.2) is 0 Å². The maximum Gasteiger partial charge on any atom is 0.0562 e. The predicted molar refractivity (Wildman–Crippen MR) is 255 cm³/mol. The van der Waals surface area contributed by atoms with E-state index in [1.807, 2.05) is 0 Å². The van der Waals surface area contributed by atoms with Crippen molar-refractivity contribution < 1.29 is 0 Å². The topological polar surface area (TPSA) is 8.17 Å². The number of para-hydroxylation sites is 3. The molecule has 0 amide bonds. The highest BCUT2D eigenvalue weighted by atomic mass is 15.1. The molecule has 0 fully saturated rings. The van der Waals surface area contributed by atoms with Crippen LogP contribution in [0, 0.1) is 0 Å². The Bertz CT molecular complexity index is 3310. The summed E-state index contributed by atoms with van der Waals surface area (Å²) in [4.78, 5) is 2.48. The molecule has 0 aliphatic carbocycles. The highest BCUT2D eigenvalue weighted by Crippen LogP contribution is 2.47. The lowest BCUT2D eigenvalue weighted by Crippen LogP contribution is -2.13. The van der Waals surface area contributed by atoms with Crippen LogP contribution in [0.1, 0.15) is 0 Å². The third-order valence-corrected chi connectivity index (χ3v) is 11.8. The average molecular weight is 765 g/mol. The van der Waals surface area contributed by atoms with E-state index in [1.54, 1.807) is 0 Å². The van der Waals surface area contributed by atoms with E-state index in [-0.39, 0.29) is 0 Å². The highest BCUT2D eigenvalue weighted by Gasteiger charge is 2.23. The molecule has 0 spiro atoms. The van der Waals surface area contributed by atoms with Gasteiger partial charge in [0.25, 0.3) is 0 Å². The first-order valence-electron chi connectivity index (χ1n) is 20.6. The number of hydrogen-bond donors (Lipinski definition) is 0. The average Bonchev–Trinajstić information content (AvgIpc) is 3.66. The molecule has 2 heteroatoms. The molecule has 0 aliphatic heterocycles. The van der Waals surface area contributed by atoms with E-state index < -0.39 is 0 Å². The van der Waals surface area contributed by atoms with Crippen LogP contribution in [-0.2, 0) is 0 Å². The summed E-state index contributed by atoms with van der Waals surface area (Å²) in [6.45, 7) is 0. The Balaban J connectivity index is 1.21. The molecule has 0 N–H and O–H groups in total. The number of nitrogens with zero attached hydrogens (tertiary/aromatic N) is 2. The lowest BCUT2D eigenvalue weighted by atomic mass is 9.95. The summed E-state index contributed by atoms with van der Waals surface area (Å²) in [6, 6.07) is 88.1. The van der Waals surface area contributed by atoms with Crippen molar-refractivity contribution in [2.45, 2.75) is 0 Å². The normalized spacial score (nSPS) is 11.3. The molecule has 11 aromatic rings. The Morgan fingerprint density at radius 3 is 1.63 bits per heavy atom. The molecule has 0 aliphatic rings. The smallest absolute Gasteiger partial charge is 0.0562 e. The lowest BCUT2D eigenvalue weighted by molar-refractivity contribution is 1.18. The second-order valence-corrected chi connectivity index (χ2v) is 15.3. The van der Waals surface area contributed by atoms with E-state index in [9.17, 15) is 0 Å². The summed E-state index contributed by atoms with van der Waals surface area (Å²) in [6.07, 6.45) is 0. The van der Waals surface area contributed by atoms with Crippen molar-refractivity contribution in [2.24, 2.45) is 0 Å². The predicted octanol–water partition coefficient (Wildman–Crippen LogP) is 16.1. The van der Waals surface area contributed by atoms with Gasteiger partial charge in [-0.25, -0.2) is 0 Å². The molecule has 10 aromatic carbocycles. The maximum atomic E-state index is 2.48. The molecular formula is C58H40N2. The van der Waals surface area contributed by atoms with Crippen LogP contribution in [0.4, 0.5) is 17.1 Å². The number of aromatic nitrogens is 1. The van der Waals surface area contributed by atoms with Crippen molar-refractivity contribution in [3.05, 3.63) is 243 Å². The standard InChI is InChI=1S/C58H40N2/c1-4-18-41(19-5-1)46-34-37-57(53(39-46)44-23-8-3-9-24-44)59(54-29-15-13-27-50(54)47-33-32-42-20-10-11-25-45(42)38-47)48-35-36-52-51-28-14-17-31-56(51)60(58(52)40-48)55-30-16-12-26-49(55)43-21-6-2-7-22-43/h1-40H. The van der Waals surface area contributed by atoms with Crippen molar-refractivity contribution >= 4 is 49.6 Å². The van der Waals surface area contributed by atoms with Crippen molar-refractivity contribution in [1.82, 2.24) is 4.57 Å². The van der Waals surface area contributed by atoms with Gasteiger partial charge in [-0.05, 0) is 87.1 Å². The van der Waals surface area contributed by atoms with Gasteiger partial charge >= 0.3 is 0 Å². The number of rotatable bonds is 8. The molecule has 0 unspecified atom stereocenters. The lowest BCUT2D eigenvalue weighted by Gasteiger charge is -2.30. The zero-order chi connectivity index (χ0) is 39.8. The summed E-state index contributed by atoms with van der Waals surface area (Å²) in [5.41, 5.74) is 16.1. The fourth-order valence-corrected chi connectivity index (χ4v) is 8.96. The second kappa shape index (κ2) is 15.1. The van der Waals surface area contributed by atoms with Crippen LogP contribution in [-0.4, -0.2) is 4.57 Å². The molecule has 1 heterocycles. The fourth-order valence-electron chi connectivity index (χ4n) is 8.96. The Kier molecular flexibility index (Phi) is 8.87. The van der Waals surface area contributed by atoms with Crippen LogP contribution in [0.25, 0.3) is 82.8 Å². The van der Waals surface area contributed by atoms with Crippen LogP contribution >= 0.6 is 0 Å². The zero-order valence-electron chi connectivity index (χ0n) is 33.0. The van der Waals surface area contributed by atoms with Gasteiger partial charge in [0.2, 0.25) is 0 Å². The first kappa shape index (κ1) is 35.2. The molecular weight excluding hydrogens is 725 g/mol. The second-order valence-electron chi connectivity index (χ2n) is 15.3. The number of hydrogen-bond acceptors (Lipinski definition) is 1. The molecule has 0 radical (unpaired) electrons. The van der Waals surface area contributed by atoms with Gasteiger partial charge in [-0.1, -0.05) is 194 Å². The summed E-state index contributed by atoms with van der Waals surface area (Å²) in [5, 5.41) is 4.88. The molecule has 60 heavy (non-hydrogen) atoms. The monoisotopic (exact) mass is 764 g/mol. The Morgan fingerprint density at radius 1 is 0.283 bits per heavy atom. The summed E-state index contributed by atoms with van der Waals surface area (Å²) >= 11 is 0. The van der Waals surface area contributed by atoms with Crippen LogP contribution < -0.4 is 4.90 Å². The Hall–Kier alpha value is -7.94. The van der Waals surface area contributed by atoms with Crippen LogP contribution in [0.3, 0.4) is 0 Å². The molecule has 0 saturated heterocycles. The van der Waals surface area contributed by atoms with E-state index in [0.717, 1.165) is 45.0 Å². The summed E-state index contributed by atoms with van der Waals surface area (Å²) < 4.78 is 2.46. The molecule has 11 rings (SSSR count). The molecule has 0 saturated carbocycles. The Labute approximate surface area is 350 Å². The van der Waals surface area contributed by atoms with Crippen molar-refractivity contribution in [3.8, 4) is 50.2 Å². The first-order chi connectivity index (χ1) is 29.8. The van der Waals surface area contributed by atoms with Gasteiger partial charge in [-0.15, -0.1) is 0 Å². The van der Waals surface area contributed by atoms with Crippen LogP contribution in [0.2, 0.25) is 0 Å². The van der Waals surface area contributed by atoms with E-state index in [0.29, 0.717) is 0 Å². The van der Waals surface area contributed by atoms with Gasteiger partial charge in [-0.3, -0.25) is 0 Å². The number of fused-ring (bicyclic) bond motifs is 4. The van der Waals surface area contributed by atoms with Gasteiger partial charge < -0.3 is 9.47 Å². The molecule has 0 atom stereocenters. The minimum absolute atomic E-state index is 1.07. The third kappa shape index (κ3) is 6.23. The maximum absolute atomic E-state index is 2.48. The van der Waals surface area contributed by atoms with Gasteiger partial charge in [0.1, 0.15) is 0 Å². The van der Waals surface area contributed by atoms with Gasteiger partial charge in [0.05, 0.1) is 28.1 Å². The van der Waals surface area contributed by atoms with Crippen LogP contribution in [0.5, 0.6) is 0 Å². The fraction of sp³-hybridized carbons (Fsp3) is 0. The van der Waals surface area contributed by atoms with Crippen molar-refractivity contribution in [3.63, 3.8) is 0 Å². The first-order valence-corrected chi connectivity index (χ1v) is 20.6. The van der Waals surface area contributed by atoms with E-state index >= 15 is 0 Å². The largest absolute Gasteiger partial charge is 0.309 e. The number of anilines is 3. The highest BCUT2D eigenvalue weighted by molar-refractivity contribution is 6.11. The zero-order valence-corrected chi connectivity index (χ0v) is 33.0. The van der Waals surface area contributed by atoms with Crippen molar-refractivity contribution in [1.29, 1.82) is 0 Å². The quantitative estimate of drug-likeness (QED) is 0.150. The number of benzene rings is 10. The van der Waals surface area contributed by atoms with E-state index in [2.05, 4.69) is 252 Å². The van der Waals surface area contributed by atoms with E-state index in [4.69, 9.17) is 0 Å². The van der Waals surface area contributed by atoms with Crippen molar-refractivity contribution in [2.75, 3.05) is 4.90 Å². The minimum Gasteiger partial charge on any atom is -0.309 e. The van der Waals surface area contributed by atoms with Crippen LogP contribution in [0.15, 0.2) is 243 Å². The summed E-state index contributed by atoms with van der Waals surface area (Å²) in [7, 11) is 0. The summed E-state index contributed by atoms with van der Waals surface area (Å²) in [5.74, 6) is 0. The third-order valence-electron chi connectivity index (χ3n) is 11.8.